The molecule has 7 heteroatoms. The SMILES string of the molecule is CC(=O)NCCNC(=O)C(=O)NCc1ccccc1F. The molecular weight excluding hydrogens is 265 g/mol. The highest BCUT2D eigenvalue weighted by Crippen LogP contribution is 2.05. The van der Waals surface area contributed by atoms with Crippen LogP contribution in [0.5, 0.6) is 0 Å². The van der Waals surface area contributed by atoms with E-state index in [1.54, 1.807) is 6.07 Å². The minimum absolute atomic E-state index is 0.0649. The van der Waals surface area contributed by atoms with Crippen molar-refractivity contribution in [1.82, 2.24) is 16.0 Å². The van der Waals surface area contributed by atoms with Crippen LogP contribution in [0.2, 0.25) is 0 Å². The summed E-state index contributed by atoms with van der Waals surface area (Å²) in [5, 5.41) is 7.11. The minimum atomic E-state index is -0.851. The lowest BCUT2D eigenvalue weighted by Gasteiger charge is -2.07. The molecule has 3 amide bonds. The summed E-state index contributed by atoms with van der Waals surface area (Å²) in [5.74, 6) is -2.34. The second kappa shape index (κ2) is 7.88. The average molecular weight is 281 g/mol. The van der Waals surface area contributed by atoms with Gasteiger partial charge in [-0.05, 0) is 6.07 Å². The highest BCUT2D eigenvalue weighted by atomic mass is 19.1. The molecular formula is C13H16FN3O3. The summed E-state index contributed by atoms with van der Waals surface area (Å²) in [5.41, 5.74) is 0.298. The highest BCUT2D eigenvalue weighted by Gasteiger charge is 2.12. The molecule has 1 rings (SSSR count). The average Bonchev–Trinajstić information content (AvgIpc) is 2.42. The Hall–Kier alpha value is -2.44. The molecule has 0 atom stereocenters. The van der Waals surface area contributed by atoms with Crippen LogP contribution >= 0.6 is 0 Å². The molecule has 3 N–H and O–H groups in total. The molecule has 6 nitrogen and oxygen atoms in total. The fraction of sp³-hybridized carbons (Fsp3) is 0.308. The van der Waals surface area contributed by atoms with Gasteiger partial charge in [0.05, 0.1) is 0 Å². The lowest BCUT2D eigenvalue weighted by Crippen LogP contribution is -2.42. The van der Waals surface area contributed by atoms with Crippen LogP contribution in [0, 0.1) is 5.82 Å². The van der Waals surface area contributed by atoms with Crippen molar-refractivity contribution in [3.63, 3.8) is 0 Å². The van der Waals surface area contributed by atoms with Crippen molar-refractivity contribution in [3.05, 3.63) is 35.6 Å². The molecule has 0 aromatic heterocycles. The van der Waals surface area contributed by atoms with Crippen LogP contribution in [-0.2, 0) is 20.9 Å². The summed E-state index contributed by atoms with van der Waals surface area (Å²) >= 11 is 0. The maximum Gasteiger partial charge on any atom is 0.309 e. The normalized spacial score (nSPS) is 9.70. The molecule has 108 valence electrons. The maximum absolute atomic E-state index is 13.3. The first-order chi connectivity index (χ1) is 9.50. The third kappa shape index (κ3) is 5.47. The molecule has 0 unspecified atom stereocenters. The lowest BCUT2D eigenvalue weighted by atomic mass is 10.2. The Balaban J connectivity index is 2.30. The molecule has 0 heterocycles. The maximum atomic E-state index is 13.3. The van der Waals surface area contributed by atoms with Gasteiger partial charge in [0, 0.05) is 32.1 Å². The first kappa shape index (κ1) is 15.6. The van der Waals surface area contributed by atoms with E-state index in [4.69, 9.17) is 0 Å². The molecule has 0 aliphatic heterocycles. The number of hydrogen-bond acceptors (Lipinski definition) is 3. The van der Waals surface area contributed by atoms with Crippen molar-refractivity contribution >= 4 is 17.7 Å². The first-order valence-electron chi connectivity index (χ1n) is 6.04. The van der Waals surface area contributed by atoms with Gasteiger partial charge in [-0.25, -0.2) is 4.39 Å². The summed E-state index contributed by atoms with van der Waals surface area (Å²) in [4.78, 5) is 33.4. The summed E-state index contributed by atoms with van der Waals surface area (Å²) < 4.78 is 13.3. The van der Waals surface area contributed by atoms with Crippen molar-refractivity contribution in [2.75, 3.05) is 13.1 Å². The van der Waals surface area contributed by atoms with Crippen molar-refractivity contribution in [2.45, 2.75) is 13.5 Å². The molecule has 0 bridgehead atoms. The van der Waals surface area contributed by atoms with Gasteiger partial charge in [-0.15, -0.1) is 0 Å². The number of benzene rings is 1. The van der Waals surface area contributed by atoms with Crippen LogP contribution in [0.15, 0.2) is 24.3 Å². The molecule has 0 radical (unpaired) electrons. The highest BCUT2D eigenvalue weighted by molar-refractivity contribution is 6.35. The molecule has 1 aromatic carbocycles. The number of rotatable bonds is 5. The van der Waals surface area contributed by atoms with Crippen molar-refractivity contribution in [1.29, 1.82) is 0 Å². The van der Waals surface area contributed by atoms with Crippen molar-refractivity contribution < 1.29 is 18.8 Å². The van der Waals surface area contributed by atoms with E-state index < -0.39 is 17.6 Å². The van der Waals surface area contributed by atoms with Gasteiger partial charge >= 0.3 is 11.8 Å². The van der Waals surface area contributed by atoms with E-state index in [0.717, 1.165) is 0 Å². The predicted octanol–water partition coefficient (Wildman–Crippen LogP) is -0.306. The second-order valence-electron chi connectivity index (χ2n) is 4.01. The van der Waals surface area contributed by atoms with Gasteiger partial charge in [-0.3, -0.25) is 14.4 Å². The Labute approximate surface area is 115 Å². The summed E-state index contributed by atoms with van der Waals surface area (Å²) in [7, 11) is 0. The third-order valence-electron chi connectivity index (χ3n) is 2.39. The van der Waals surface area contributed by atoms with Gasteiger partial charge in [0.2, 0.25) is 5.91 Å². The largest absolute Gasteiger partial charge is 0.355 e. The van der Waals surface area contributed by atoms with E-state index in [1.165, 1.54) is 25.1 Å². The van der Waals surface area contributed by atoms with E-state index in [9.17, 15) is 18.8 Å². The number of carbonyl (C=O) groups excluding carboxylic acids is 3. The number of amides is 3. The molecule has 0 saturated heterocycles. The van der Waals surface area contributed by atoms with Gasteiger partial charge in [0.1, 0.15) is 5.82 Å². The van der Waals surface area contributed by atoms with Crippen LogP contribution in [0.1, 0.15) is 12.5 Å². The molecule has 20 heavy (non-hydrogen) atoms. The number of hydrogen-bond donors (Lipinski definition) is 3. The predicted molar refractivity (Wildman–Crippen MR) is 69.9 cm³/mol. The van der Waals surface area contributed by atoms with Crippen LogP contribution in [0.4, 0.5) is 4.39 Å². The Kier molecular flexibility index (Phi) is 6.15. The van der Waals surface area contributed by atoms with Crippen LogP contribution in [0.25, 0.3) is 0 Å². The van der Waals surface area contributed by atoms with Gasteiger partial charge in [0.25, 0.3) is 0 Å². The van der Waals surface area contributed by atoms with Crippen molar-refractivity contribution in [2.24, 2.45) is 0 Å². The van der Waals surface area contributed by atoms with E-state index in [2.05, 4.69) is 16.0 Å². The number of carbonyl (C=O) groups is 3. The second-order valence-corrected chi connectivity index (χ2v) is 4.01. The quantitative estimate of drug-likeness (QED) is 0.511. The van der Waals surface area contributed by atoms with Crippen LogP contribution in [-0.4, -0.2) is 30.8 Å². The van der Waals surface area contributed by atoms with E-state index in [1.807, 2.05) is 0 Å². The third-order valence-corrected chi connectivity index (χ3v) is 2.39. The zero-order valence-electron chi connectivity index (χ0n) is 11.0. The smallest absolute Gasteiger partial charge is 0.309 e. The summed E-state index contributed by atoms with van der Waals surface area (Å²) in [6.07, 6.45) is 0. The molecule has 0 spiro atoms. The molecule has 0 aliphatic rings. The Bertz CT molecular complexity index is 505. The fourth-order valence-corrected chi connectivity index (χ4v) is 1.39. The topological polar surface area (TPSA) is 87.3 Å². The molecule has 0 saturated carbocycles. The number of halogens is 1. The molecule has 0 aliphatic carbocycles. The number of nitrogens with one attached hydrogen (secondary N) is 3. The fourth-order valence-electron chi connectivity index (χ4n) is 1.39. The van der Waals surface area contributed by atoms with Crippen molar-refractivity contribution in [3.8, 4) is 0 Å². The first-order valence-corrected chi connectivity index (χ1v) is 6.04. The van der Waals surface area contributed by atoms with E-state index >= 15 is 0 Å². The zero-order chi connectivity index (χ0) is 15.0. The zero-order valence-corrected chi connectivity index (χ0v) is 11.0. The monoisotopic (exact) mass is 281 g/mol. The van der Waals surface area contributed by atoms with Crippen LogP contribution in [0.3, 0.4) is 0 Å². The Morgan fingerprint density at radius 3 is 2.25 bits per heavy atom. The molecule has 1 aromatic rings. The standard InChI is InChI=1S/C13H16FN3O3/c1-9(18)15-6-7-16-12(19)13(20)17-8-10-4-2-3-5-11(10)14/h2-5H,6-8H2,1H3,(H,15,18)(H,16,19)(H,17,20). The van der Waals surface area contributed by atoms with Gasteiger partial charge in [-0.1, -0.05) is 18.2 Å². The van der Waals surface area contributed by atoms with Gasteiger partial charge in [0.15, 0.2) is 0 Å². The van der Waals surface area contributed by atoms with Gasteiger partial charge in [-0.2, -0.15) is 0 Å². The minimum Gasteiger partial charge on any atom is -0.355 e. The Morgan fingerprint density at radius 1 is 1.00 bits per heavy atom. The lowest BCUT2D eigenvalue weighted by molar-refractivity contribution is -0.139. The summed E-state index contributed by atoms with van der Waals surface area (Å²) in [6, 6.07) is 5.97. The summed E-state index contributed by atoms with van der Waals surface area (Å²) in [6.45, 7) is 1.67. The molecule has 0 fully saturated rings. The van der Waals surface area contributed by atoms with E-state index in [-0.39, 0.29) is 25.5 Å². The van der Waals surface area contributed by atoms with Crippen LogP contribution < -0.4 is 16.0 Å². The van der Waals surface area contributed by atoms with Gasteiger partial charge < -0.3 is 16.0 Å². The Morgan fingerprint density at radius 2 is 1.60 bits per heavy atom. The van der Waals surface area contributed by atoms with E-state index in [0.29, 0.717) is 5.56 Å².